The molecular weight excluding hydrogens is 264 g/mol. The van der Waals surface area contributed by atoms with Gasteiger partial charge in [-0.1, -0.05) is 0 Å². The van der Waals surface area contributed by atoms with Gasteiger partial charge in [0.05, 0.1) is 0 Å². The lowest BCUT2D eigenvalue weighted by molar-refractivity contribution is -0.132. The highest BCUT2D eigenvalue weighted by molar-refractivity contribution is 7.92. The zero-order valence-corrected chi connectivity index (χ0v) is 12.6. The van der Waals surface area contributed by atoms with Crippen molar-refractivity contribution >= 4 is 15.7 Å². The van der Waals surface area contributed by atoms with Crippen LogP contribution in [-0.2, 0) is 14.6 Å². The number of carbonyl (C=O) groups excluding carboxylic acids is 1. The van der Waals surface area contributed by atoms with Crippen molar-refractivity contribution in [3.8, 4) is 0 Å². The lowest BCUT2D eigenvalue weighted by atomic mass is 9.90. The highest BCUT2D eigenvalue weighted by Gasteiger charge is 2.38. The molecule has 0 radical (unpaired) electrons. The Balaban J connectivity index is 2.07. The monoisotopic (exact) mass is 288 g/mol. The number of nitrogens with one attached hydrogen (secondary N) is 1. The largest absolute Gasteiger partial charge is 0.338 e. The highest BCUT2D eigenvalue weighted by Crippen LogP contribution is 2.29. The van der Waals surface area contributed by atoms with Crippen molar-refractivity contribution in [1.29, 1.82) is 0 Å². The smallest absolute Gasteiger partial charge is 0.240 e. The van der Waals surface area contributed by atoms with Crippen LogP contribution in [0, 0.1) is 5.92 Å². The van der Waals surface area contributed by atoms with E-state index in [1.165, 1.54) is 6.92 Å². The molecule has 0 saturated carbocycles. The Morgan fingerprint density at radius 3 is 2.63 bits per heavy atom. The second kappa shape index (κ2) is 5.79. The van der Waals surface area contributed by atoms with Gasteiger partial charge in [-0.25, -0.2) is 8.42 Å². The normalized spacial score (nSPS) is 30.3. The van der Waals surface area contributed by atoms with E-state index in [9.17, 15) is 13.2 Å². The van der Waals surface area contributed by atoms with Crippen LogP contribution in [0.25, 0.3) is 0 Å². The molecule has 2 saturated heterocycles. The third-order valence-electron chi connectivity index (χ3n) is 4.45. The van der Waals surface area contributed by atoms with E-state index in [1.54, 1.807) is 0 Å². The van der Waals surface area contributed by atoms with Gasteiger partial charge in [0, 0.05) is 18.8 Å². The van der Waals surface area contributed by atoms with Gasteiger partial charge < -0.3 is 10.2 Å². The van der Waals surface area contributed by atoms with E-state index in [2.05, 4.69) is 5.32 Å². The Morgan fingerprint density at radius 2 is 2.05 bits per heavy atom. The zero-order valence-electron chi connectivity index (χ0n) is 11.8. The summed E-state index contributed by atoms with van der Waals surface area (Å²) in [5, 5.41) is 2.46. The Hall–Kier alpha value is -0.620. The molecule has 2 aliphatic heterocycles. The summed E-state index contributed by atoms with van der Waals surface area (Å²) in [5.74, 6) is 0.266. The van der Waals surface area contributed by atoms with Crippen LogP contribution < -0.4 is 5.32 Å². The van der Waals surface area contributed by atoms with Crippen molar-refractivity contribution in [3.05, 3.63) is 0 Å². The van der Waals surface area contributed by atoms with Gasteiger partial charge in [0.15, 0.2) is 9.84 Å². The molecular formula is C13H24N2O3S. The molecule has 0 aliphatic carbocycles. The maximum absolute atomic E-state index is 12.4. The molecule has 0 bridgehead atoms. The molecule has 2 heterocycles. The molecule has 2 fully saturated rings. The quantitative estimate of drug-likeness (QED) is 0.817. The number of sulfone groups is 1. The van der Waals surface area contributed by atoms with Gasteiger partial charge in [-0.15, -0.1) is 0 Å². The van der Waals surface area contributed by atoms with E-state index >= 15 is 0 Å². The molecule has 2 rings (SSSR count). The summed E-state index contributed by atoms with van der Waals surface area (Å²) in [6.07, 6.45) is 5.42. The van der Waals surface area contributed by atoms with Crippen molar-refractivity contribution < 1.29 is 13.2 Å². The second-order valence-corrected chi connectivity index (χ2v) is 8.19. The van der Waals surface area contributed by atoms with Crippen LogP contribution in [0.4, 0.5) is 0 Å². The van der Waals surface area contributed by atoms with Gasteiger partial charge >= 0.3 is 0 Å². The second-order valence-electron chi connectivity index (χ2n) is 5.82. The molecule has 19 heavy (non-hydrogen) atoms. The minimum atomic E-state index is -3.30. The standard InChI is InChI=1S/C13H24N2O3S/c1-10(19(2,17)18)13(16)15-8-4-6-12(15)11-5-3-7-14-9-11/h10-12,14H,3-9H2,1-2H3. The Morgan fingerprint density at radius 1 is 1.32 bits per heavy atom. The number of hydrogen-bond acceptors (Lipinski definition) is 4. The lowest BCUT2D eigenvalue weighted by Crippen LogP contribution is -2.49. The predicted molar refractivity (Wildman–Crippen MR) is 74.6 cm³/mol. The van der Waals surface area contributed by atoms with E-state index < -0.39 is 15.1 Å². The maximum atomic E-state index is 12.4. The van der Waals surface area contributed by atoms with Crippen molar-refractivity contribution in [2.24, 2.45) is 5.92 Å². The topological polar surface area (TPSA) is 66.5 Å². The summed E-state index contributed by atoms with van der Waals surface area (Å²) in [6.45, 7) is 4.21. The molecule has 0 aromatic heterocycles. The molecule has 0 aromatic carbocycles. The third-order valence-corrected chi connectivity index (χ3v) is 5.94. The number of rotatable bonds is 3. The van der Waals surface area contributed by atoms with E-state index in [1.807, 2.05) is 4.90 Å². The molecule has 2 aliphatic rings. The van der Waals surface area contributed by atoms with E-state index in [0.29, 0.717) is 12.5 Å². The minimum absolute atomic E-state index is 0.212. The van der Waals surface area contributed by atoms with Gasteiger partial charge in [-0.2, -0.15) is 0 Å². The zero-order chi connectivity index (χ0) is 14.0. The van der Waals surface area contributed by atoms with Gasteiger partial charge in [0.25, 0.3) is 0 Å². The van der Waals surface area contributed by atoms with E-state index in [0.717, 1.165) is 45.0 Å². The summed E-state index contributed by atoms with van der Waals surface area (Å²) >= 11 is 0. The van der Waals surface area contributed by atoms with Crippen LogP contribution in [0.15, 0.2) is 0 Å². The summed E-state index contributed by atoms with van der Waals surface area (Å²) in [6, 6.07) is 0.226. The van der Waals surface area contributed by atoms with Crippen LogP contribution in [-0.4, -0.2) is 56.4 Å². The lowest BCUT2D eigenvalue weighted by Gasteiger charge is -2.35. The molecule has 6 heteroatoms. The van der Waals surface area contributed by atoms with Gasteiger partial charge in [-0.3, -0.25) is 4.79 Å². The van der Waals surface area contributed by atoms with E-state index in [4.69, 9.17) is 0 Å². The molecule has 3 atom stereocenters. The number of amides is 1. The van der Waals surface area contributed by atoms with Crippen LogP contribution in [0.1, 0.15) is 32.6 Å². The average Bonchev–Trinajstić information content (AvgIpc) is 2.86. The average molecular weight is 288 g/mol. The first kappa shape index (κ1) is 14.8. The number of piperidine rings is 1. The fourth-order valence-corrected chi connectivity index (χ4v) is 3.68. The SMILES string of the molecule is CC(C(=O)N1CCCC1C1CCCNC1)S(C)(=O)=O. The molecule has 0 spiro atoms. The number of likely N-dealkylation sites (tertiary alicyclic amines) is 1. The number of carbonyl (C=O) groups is 1. The van der Waals surface area contributed by atoms with Gasteiger partial charge in [0.1, 0.15) is 5.25 Å². The van der Waals surface area contributed by atoms with Gasteiger partial charge in [-0.05, 0) is 51.6 Å². The molecule has 0 aromatic rings. The molecule has 3 unspecified atom stereocenters. The van der Waals surface area contributed by atoms with Gasteiger partial charge in [0.2, 0.25) is 5.91 Å². The third kappa shape index (κ3) is 3.28. The summed E-state index contributed by atoms with van der Waals surface area (Å²) < 4.78 is 23.1. The van der Waals surface area contributed by atoms with Crippen LogP contribution in [0.5, 0.6) is 0 Å². The number of nitrogens with zero attached hydrogens (tertiary/aromatic N) is 1. The molecule has 110 valence electrons. The summed E-state index contributed by atoms with van der Waals surface area (Å²) in [5.41, 5.74) is 0. The van der Waals surface area contributed by atoms with Crippen molar-refractivity contribution in [2.45, 2.75) is 43.9 Å². The Bertz CT molecular complexity index is 429. The van der Waals surface area contributed by atoms with Crippen molar-refractivity contribution in [1.82, 2.24) is 10.2 Å². The molecule has 5 nitrogen and oxygen atoms in total. The fraction of sp³-hybridized carbons (Fsp3) is 0.923. The fourth-order valence-electron chi connectivity index (χ4n) is 3.18. The molecule has 1 N–H and O–H groups in total. The maximum Gasteiger partial charge on any atom is 0.240 e. The number of hydrogen-bond donors (Lipinski definition) is 1. The first-order valence-electron chi connectivity index (χ1n) is 7.11. The highest BCUT2D eigenvalue weighted by atomic mass is 32.2. The first-order chi connectivity index (χ1) is 8.91. The molecule has 1 amide bonds. The Kier molecular flexibility index (Phi) is 4.50. The summed E-state index contributed by atoms with van der Waals surface area (Å²) in [7, 11) is -3.30. The minimum Gasteiger partial charge on any atom is -0.338 e. The van der Waals surface area contributed by atoms with Crippen LogP contribution in [0.2, 0.25) is 0 Å². The van der Waals surface area contributed by atoms with Crippen LogP contribution >= 0.6 is 0 Å². The van der Waals surface area contributed by atoms with Crippen molar-refractivity contribution in [2.75, 3.05) is 25.9 Å². The first-order valence-corrected chi connectivity index (χ1v) is 9.07. The summed E-state index contributed by atoms with van der Waals surface area (Å²) in [4.78, 5) is 14.2. The predicted octanol–water partition coefficient (Wildman–Crippen LogP) is 0.410. The van der Waals surface area contributed by atoms with Crippen LogP contribution in [0.3, 0.4) is 0 Å². The Labute approximate surface area is 115 Å². The van der Waals surface area contributed by atoms with Crippen molar-refractivity contribution in [3.63, 3.8) is 0 Å². The van der Waals surface area contributed by atoms with E-state index in [-0.39, 0.29) is 11.9 Å².